The summed E-state index contributed by atoms with van der Waals surface area (Å²) in [5.41, 5.74) is 1.44. The molecule has 0 spiro atoms. The summed E-state index contributed by atoms with van der Waals surface area (Å²) in [6.45, 7) is 7.75. The molecule has 1 aromatic carbocycles. The van der Waals surface area contributed by atoms with Gasteiger partial charge in [0.05, 0.1) is 0 Å². The molecule has 0 aliphatic rings. The molecule has 0 heterocycles. The highest BCUT2D eigenvalue weighted by atomic mass is 16.6. The van der Waals surface area contributed by atoms with Crippen LogP contribution in [0.3, 0.4) is 0 Å². The number of nitrogens with one attached hydrogen (secondary N) is 1. The van der Waals surface area contributed by atoms with Gasteiger partial charge in [-0.2, -0.15) is 0 Å². The largest absolute Gasteiger partial charge is 0.443 e. The van der Waals surface area contributed by atoms with Gasteiger partial charge in [0.15, 0.2) is 0 Å². The minimum absolute atomic E-state index is 0.405. The number of aryl methyl sites for hydroxylation is 1. The highest BCUT2D eigenvalue weighted by molar-refractivity contribution is 5.84. The van der Waals surface area contributed by atoms with Gasteiger partial charge in [-0.3, -0.25) is 5.32 Å². The number of ether oxygens (including phenoxy) is 1. The lowest BCUT2D eigenvalue weighted by molar-refractivity contribution is 0.0462. The number of carbonyl (C=O) groups excluding carboxylic acids is 1. The Balaban J connectivity index is 2.59. The predicted octanol–water partition coefficient (Wildman–Crippen LogP) is 3.73. The molecule has 0 aromatic heterocycles. The summed E-state index contributed by atoms with van der Waals surface area (Å²) in [5, 5.41) is 2.71. The summed E-state index contributed by atoms with van der Waals surface area (Å²) in [6, 6.07) is 7.62. The fourth-order valence-electron chi connectivity index (χ4n) is 1.19. The summed E-state index contributed by atoms with van der Waals surface area (Å²) in [5.74, 6) is 0. The molecule has 1 aromatic rings. The number of rotatable bonds is 3. The Morgan fingerprint density at radius 3 is 2.69 bits per heavy atom. The second-order valence-electron chi connectivity index (χ2n) is 4.50. The van der Waals surface area contributed by atoms with Crippen molar-refractivity contribution < 1.29 is 9.53 Å². The van der Waals surface area contributed by atoms with Gasteiger partial charge >= 0.3 is 6.09 Å². The van der Waals surface area contributed by atoms with Gasteiger partial charge in [0.1, 0.15) is 5.60 Å². The van der Waals surface area contributed by atoms with E-state index in [1.165, 1.54) is 0 Å². The van der Waals surface area contributed by atoms with Crippen LogP contribution in [0.15, 0.2) is 24.3 Å². The van der Waals surface area contributed by atoms with Crippen LogP contribution in [0.1, 0.15) is 32.8 Å². The third-order valence-electron chi connectivity index (χ3n) is 2.48. The molecule has 3 heteroatoms. The molecule has 1 amide bonds. The van der Waals surface area contributed by atoms with E-state index in [-0.39, 0.29) is 0 Å². The number of hydrogen-bond donors (Lipinski definition) is 1. The number of benzene rings is 1. The number of carbonyl (C=O) groups is 1. The highest BCUT2D eigenvalue weighted by Gasteiger charge is 2.20. The van der Waals surface area contributed by atoms with Crippen molar-refractivity contribution in [3.05, 3.63) is 29.8 Å². The van der Waals surface area contributed by atoms with Gasteiger partial charge < -0.3 is 4.74 Å². The van der Waals surface area contributed by atoms with E-state index >= 15 is 0 Å². The minimum Gasteiger partial charge on any atom is -0.443 e. The third kappa shape index (κ3) is 3.93. The maximum Gasteiger partial charge on any atom is 0.412 e. The van der Waals surface area contributed by atoms with Crippen molar-refractivity contribution in [1.82, 2.24) is 0 Å². The number of anilines is 1. The van der Waals surface area contributed by atoms with E-state index in [1.807, 2.05) is 52.0 Å². The fourth-order valence-corrected chi connectivity index (χ4v) is 1.19. The van der Waals surface area contributed by atoms with Gasteiger partial charge in [0.2, 0.25) is 0 Å². The monoisotopic (exact) mass is 221 g/mol. The van der Waals surface area contributed by atoms with Crippen LogP contribution in [0.25, 0.3) is 0 Å². The van der Waals surface area contributed by atoms with Crippen molar-refractivity contribution in [1.29, 1.82) is 0 Å². The molecular weight excluding hydrogens is 202 g/mol. The summed E-state index contributed by atoms with van der Waals surface area (Å²) < 4.78 is 5.28. The van der Waals surface area contributed by atoms with Gasteiger partial charge in [-0.25, -0.2) is 4.79 Å². The molecule has 0 saturated heterocycles. The van der Waals surface area contributed by atoms with Crippen molar-refractivity contribution >= 4 is 11.8 Å². The van der Waals surface area contributed by atoms with Gasteiger partial charge in [-0.05, 0) is 44.9 Å². The lowest BCUT2D eigenvalue weighted by Crippen LogP contribution is -2.29. The maximum absolute atomic E-state index is 11.6. The van der Waals surface area contributed by atoms with Crippen molar-refractivity contribution in [3.63, 3.8) is 0 Å². The molecule has 1 N–H and O–H groups in total. The average molecular weight is 221 g/mol. The minimum atomic E-state index is -0.423. The first-order valence-electron chi connectivity index (χ1n) is 5.49. The van der Waals surface area contributed by atoms with Crippen molar-refractivity contribution in [2.45, 2.75) is 39.7 Å². The summed E-state index contributed by atoms with van der Waals surface area (Å²) in [4.78, 5) is 11.6. The molecule has 3 nitrogen and oxygen atoms in total. The Labute approximate surface area is 96.8 Å². The standard InChI is InChI=1S/C13H19NO2/c1-5-13(3,4)16-12(15)14-11-8-6-7-10(2)9-11/h6-9H,5H2,1-4H3,(H,14,15). The molecule has 16 heavy (non-hydrogen) atoms. The summed E-state index contributed by atoms with van der Waals surface area (Å²) in [6.07, 6.45) is 0.381. The first kappa shape index (κ1) is 12.6. The normalized spacial score (nSPS) is 11.0. The Bertz CT molecular complexity index is 372. The lowest BCUT2D eigenvalue weighted by Gasteiger charge is -2.23. The summed E-state index contributed by atoms with van der Waals surface area (Å²) >= 11 is 0. The van der Waals surface area contributed by atoms with E-state index in [1.54, 1.807) is 0 Å². The second kappa shape index (κ2) is 5.01. The van der Waals surface area contributed by atoms with Gasteiger partial charge in [0.25, 0.3) is 0 Å². The molecule has 0 atom stereocenters. The van der Waals surface area contributed by atoms with Crippen LogP contribution in [-0.2, 0) is 4.74 Å². The summed E-state index contributed by atoms with van der Waals surface area (Å²) in [7, 11) is 0. The molecule has 0 unspecified atom stereocenters. The van der Waals surface area contributed by atoms with Crippen LogP contribution in [-0.4, -0.2) is 11.7 Å². The Morgan fingerprint density at radius 1 is 1.44 bits per heavy atom. The maximum atomic E-state index is 11.6. The van der Waals surface area contributed by atoms with E-state index in [9.17, 15) is 4.79 Å². The third-order valence-corrected chi connectivity index (χ3v) is 2.48. The SMILES string of the molecule is CCC(C)(C)OC(=O)Nc1cccc(C)c1. The van der Waals surface area contributed by atoms with E-state index in [0.29, 0.717) is 0 Å². The van der Waals surface area contributed by atoms with Crippen LogP contribution in [0, 0.1) is 6.92 Å². The zero-order valence-electron chi connectivity index (χ0n) is 10.3. The van der Waals surface area contributed by atoms with Crippen molar-refractivity contribution in [3.8, 4) is 0 Å². The molecule has 0 radical (unpaired) electrons. The number of hydrogen-bond acceptors (Lipinski definition) is 2. The molecule has 0 aliphatic carbocycles. The van der Waals surface area contributed by atoms with E-state index in [2.05, 4.69) is 5.32 Å². The van der Waals surface area contributed by atoms with Crippen LogP contribution in [0.4, 0.5) is 10.5 Å². The van der Waals surface area contributed by atoms with Crippen LogP contribution >= 0.6 is 0 Å². The predicted molar refractivity (Wildman–Crippen MR) is 65.7 cm³/mol. The van der Waals surface area contributed by atoms with Crippen molar-refractivity contribution in [2.75, 3.05) is 5.32 Å². The first-order chi connectivity index (χ1) is 7.43. The number of amides is 1. The first-order valence-corrected chi connectivity index (χ1v) is 5.49. The highest BCUT2D eigenvalue weighted by Crippen LogP contribution is 2.16. The topological polar surface area (TPSA) is 38.3 Å². The van der Waals surface area contributed by atoms with Gasteiger partial charge in [-0.1, -0.05) is 19.1 Å². The smallest absolute Gasteiger partial charge is 0.412 e. The second-order valence-corrected chi connectivity index (χ2v) is 4.50. The Kier molecular flexibility index (Phi) is 3.93. The molecule has 1 rings (SSSR count). The van der Waals surface area contributed by atoms with E-state index < -0.39 is 11.7 Å². The van der Waals surface area contributed by atoms with E-state index in [4.69, 9.17) is 4.74 Å². The zero-order valence-corrected chi connectivity index (χ0v) is 10.3. The molecule has 0 bridgehead atoms. The molecule has 88 valence electrons. The van der Waals surface area contributed by atoms with Gasteiger partial charge in [-0.15, -0.1) is 0 Å². The Morgan fingerprint density at radius 2 is 2.12 bits per heavy atom. The molecule has 0 fully saturated rings. The fraction of sp³-hybridized carbons (Fsp3) is 0.462. The lowest BCUT2D eigenvalue weighted by atomic mass is 10.1. The molecule has 0 saturated carbocycles. The molecule has 0 aliphatic heterocycles. The van der Waals surface area contributed by atoms with Crippen LogP contribution in [0.5, 0.6) is 0 Å². The van der Waals surface area contributed by atoms with E-state index in [0.717, 1.165) is 17.7 Å². The Hall–Kier alpha value is -1.51. The average Bonchev–Trinajstić information content (AvgIpc) is 2.16. The quantitative estimate of drug-likeness (QED) is 0.844. The molecular formula is C13H19NO2. The zero-order chi connectivity index (χ0) is 12.2. The van der Waals surface area contributed by atoms with Crippen LogP contribution in [0.2, 0.25) is 0 Å². The van der Waals surface area contributed by atoms with Crippen molar-refractivity contribution in [2.24, 2.45) is 0 Å². The van der Waals surface area contributed by atoms with Gasteiger partial charge in [0, 0.05) is 5.69 Å². The van der Waals surface area contributed by atoms with Crippen LogP contribution < -0.4 is 5.32 Å².